The molecule has 0 saturated carbocycles. The summed E-state index contributed by atoms with van der Waals surface area (Å²) in [6.45, 7) is 1.99. The third-order valence-corrected chi connectivity index (χ3v) is 3.03. The van der Waals surface area contributed by atoms with Crippen LogP contribution in [0.15, 0.2) is 28.7 Å². The second-order valence-electron chi connectivity index (χ2n) is 3.93. The maximum Gasteiger partial charge on any atom is 0.176 e. The zero-order valence-electron chi connectivity index (χ0n) is 10.4. The molecule has 0 radical (unpaired) electrons. The van der Waals surface area contributed by atoms with E-state index in [9.17, 15) is 4.79 Å². The van der Waals surface area contributed by atoms with Crippen LogP contribution in [0, 0.1) is 0 Å². The molecule has 0 aliphatic carbocycles. The molecule has 0 heterocycles. The van der Waals surface area contributed by atoms with Crippen LogP contribution in [-0.4, -0.2) is 55.7 Å². The van der Waals surface area contributed by atoms with Crippen LogP contribution >= 0.6 is 15.9 Å². The van der Waals surface area contributed by atoms with Crippen LogP contribution in [-0.2, 0) is 4.74 Å². The molecule has 1 aromatic carbocycles. The standard InChI is InChI=1S/C13H18BrNO3/c1-18-8-6-15(5-7-16)10-13(17)11-3-2-4-12(14)9-11/h2-4,9,16H,5-8,10H2,1H3. The molecule has 0 aliphatic heterocycles. The number of hydrogen-bond donors (Lipinski definition) is 1. The summed E-state index contributed by atoms with van der Waals surface area (Å²) in [5, 5.41) is 8.96. The summed E-state index contributed by atoms with van der Waals surface area (Å²) in [5.74, 6) is 0.0425. The number of ketones is 1. The second-order valence-corrected chi connectivity index (χ2v) is 4.84. The topological polar surface area (TPSA) is 49.8 Å². The first-order valence-corrected chi connectivity index (χ1v) is 6.57. The molecule has 0 amide bonds. The van der Waals surface area contributed by atoms with E-state index in [2.05, 4.69) is 15.9 Å². The number of aliphatic hydroxyl groups is 1. The van der Waals surface area contributed by atoms with Crippen molar-refractivity contribution < 1.29 is 14.6 Å². The highest BCUT2D eigenvalue weighted by Gasteiger charge is 2.12. The molecule has 0 aromatic heterocycles. The summed E-state index contributed by atoms with van der Waals surface area (Å²) in [4.78, 5) is 13.9. The molecule has 0 saturated heterocycles. The average molecular weight is 316 g/mol. The molecule has 0 atom stereocenters. The Hall–Kier alpha value is -0.750. The molecule has 1 rings (SSSR count). The molecule has 4 nitrogen and oxygen atoms in total. The molecular weight excluding hydrogens is 298 g/mol. The lowest BCUT2D eigenvalue weighted by atomic mass is 10.1. The van der Waals surface area contributed by atoms with Crippen molar-refractivity contribution in [2.75, 3.05) is 40.0 Å². The Balaban J connectivity index is 2.59. The van der Waals surface area contributed by atoms with Gasteiger partial charge in [0.15, 0.2) is 5.78 Å². The van der Waals surface area contributed by atoms with Crippen LogP contribution in [0.1, 0.15) is 10.4 Å². The van der Waals surface area contributed by atoms with Gasteiger partial charge in [0, 0.05) is 30.2 Å². The molecule has 1 aromatic rings. The van der Waals surface area contributed by atoms with Crippen molar-refractivity contribution in [1.29, 1.82) is 0 Å². The lowest BCUT2D eigenvalue weighted by molar-refractivity contribution is 0.0868. The van der Waals surface area contributed by atoms with Crippen molar-refractivity contribution in [2.24, 2.45) is 0 Å². The van der Waals surface area contributed by atoms with Gasteiger partial charge < -0.3 is 9.84 Å². The van der Waals surface area contributed by atoms with Crippen LogP contribution in [0.5, 0.6) is 0 Å². The lowest BCUT2D eigenvalue weighted by Gasteiger charge is -2.19. The van der Waals surface area contributed by atoms with Gasteiger partial charge in [-0.2, -0.15) is 0 Å². The summed E-state index contributed by atoms with van der Waals surface area (Å²) >= 11 is 3.34. The van der Waals surface area contributed by atoms with Crippen LogP contribution in [0.4, 0.5) is 0 Å². The fourth-order valence-electron chi connectivity index (χ4n) is 1.59. The maximum absolute atomic E-state index is 12.1. The average Bonchev–Trinajstić information content (AvgIpc) is 2.36. The Bertz CT molecular complexity index is 384. The van der Waals surface area contributed by atoms with E-state index in [-0.39, 0.29) is 12.4 Å². The zero-order chi connectivity index (χ0) is 13.4. The number of hydrogen-bond acceptors (Lipinski definition) is 4. The van der Waals surface area contributed by atoms with E-state index < -0.39 is 0 Å². The van der Waals surface area contributed by atoms with E-state index in [1.54, 1.807) is 19.2 Å². The maximum atomic E-state index is 12.1. The highest BCUT2D eigenvalue weighted by molar-refractivity contribution is 9.10. The minimum absolute atomic E-state index is 0.0372. The third kappa shape index (κ3) is 5.27. The van der Waals surface area contributed by atoms with E-state index in [4.69, 9.17) is 9.84 Å². The highest BCUT2D eigenvalue weighted by Crippen LogP contribution is 2.12. The van der Waals surface area contributed by atoms with Crippen LogP contribution < -0.4 is 0 Å². The van der Waals surface area contributed by atoms with E-state index in [0.29, 0.717) is 31.8 Å². The molecule has 0 bridgehead atoms. The largest absolute Gasteiger partial charge is 0.395 e. The van der Waals surface area contributed by atoms with Gasteiger partial charge in [0.05, 0.1) is 19.8 Å². The minimum Gasteiger partial charge on any atom is -0.395 e. The number of ether oxygens (including phenoxy) is 1. The van der Waals surface area contributed by atoms with Gasteiger partial charge in [0.2, 0.25) is 0 Å². The number of carbonyl (C=O) groups is 1. The molecule has 0 aliphatic rings. The van der Waals surface area contributed by atoms with Crippen LogP contribution in [0.3, 0.4) is 0 Å². The summed E-state index contributed by atoms with van der Waals surface area (Å²) in [7, 11) is 1.62. The first-order valence-electron chi connectivity index (χ1n) is 5.78. The fourth-order valence-corrected chi connectivity index (χ4v) is 1.99. The fraction of sp³-hybridized carbons (Fsp3) is 0.462. The van der Waals surface area contributed by atoms with Gasteiger partial charge in [0.1, 0.15) is 0 Å². The number of carbonyl (C=O) groups excluding carboxylic acids is 1. The molecule has 0 unspecified atom stereocenters. The van der Waals surface area contributed by atoms with Crippen molar-refractivity contribution in [3.63, 3.8) is 0 Å². The third-order valence-electron chi connectivity index (χ3n) is 2.54. The van der Waals surface area contributed by atoms with Gasteiger partial charge in [-0.3, -0.25) is 9.69 Å². The summed E-state index contributed by atoms with van der Waals surface area (Å²) in [6, 6.07) is 7.31. The van der Waals surface area contributed by atoms with Crippen LogP contribution in [0.25, 0.3) is 0 Å². The monoisotopic (exact) mass is 315 g/mol. The summed E-state index contributed by atoms with van der Waals surface area (Å²) in [6.07, 6.45) is 0. The Labute approximate surface area is 116 Å². The molecule has 100 valence electrons. The van der Waals surface area contributed by atoms with Gasteiger partial charge in [-0.25, -0.2) is 0 Å². The van der Waals surface area contributed by atoms with E-state index in [1.165, 1.54) is 0 Å². The van der Waals surface area contributed by atoms with Gasteiger partial charge in [-0.15, -0.1) is 0 Å². The van der Waals surface area contributed by atoms with Crippen molar-refractivity contribution in [1.82, 2.24) is 4.90 Å². The van der Waals surface area contributed by atoms with Crippen LogP contribution in [0.2, 0.25) is 0 Å². The Morgan fingerprint density at radius 3 is 2.83 bits per heavy atom. The number of benzene rings is 1. The van der Waals surface area contributed by atoms with E-state index >= 15 is 0 Å². The number of methoxy groups -OCH3 is 1. The number of Topliss-reactive ketones (excluding diaryl/α,β-unsaturated/α-hetero) is 1. The molecule has 0 fully saturated rings. The SMILES string of the molecule is COCCN(CCO)CC(=O)c1cccc(Br)c1. The predicted molar refractivity (Wildman–Crippen MR) is 73.9 cm³/mol. The van der Waals surface area contributed by atoms with Gasteiger partial charge in [-0.05, 0) is 12.1 Å². The van der Waals surface area contributed by atoms with Crippen molar-refractivity contribution in [2.45, 2.75) is 0 Å². The Kier molecular flexibility index (Phi) is 7.12. The quantitative estimate of drug-likeness (QED) is 0.740. The van der Waals surface area contributed by atoms with Crippen molar-refractivity contribution >= 4 is 21.7 Å². The summed E-state index contributed by atoms with van der Waals surface area (Å²) < 4.78 is 5.87. The highest BCUT2D eigenvalue weighted by atomic mass is 79.9. The molecule has 5 heteroatoms. The number of halogens is 1. The number of rotatable bonds is 8. The second kappa shape index (κ2) is 8.37. The first kappa shape index (κ1) is 15.3. The van der Waals surface area contributed by atoms with Gasteiger partial charge >= 0.3 is 0 Å². The molecule has 1 N–H and O–H groups in total. The van der Waals surface area contributed by atoms with E-state index in [1.807, 2.05) is 17.0 Å². The molecule has 18 heavy (non-hydrogen) atoms. The smallest absolute Gasteiger partial charge is 0.176 e. The van der Waals surface area contributed by atoms with E-state index in [0.717, 1.165) is 4.47 Å². The minimum atomic E-state index is 0.0372. The molecular formula is C13H18BrNO3. The normalized spacial score (nSPS) is 10.9. The van der Waals surface area contributed by atoms with Crippen molar-refractivity contribution in [3.05, 3.63) is 34.3 Å². The Morgan fingerprint density at radius 2 is 2.22 bits per heavy atom. The first-order chi connectivity index (χ1) is 8.67. The predicted octanol–water partition coefficient (Wildman–Crippen LogP) is 1.57. The lowest BCUT2D eigenvalue weighted by Crippen LogP contribution is -2.35. The number of aliphatic hydroxyl groups excluding tert-OH is 1. The van der Waals surface area contributed by atoms with Gasteiger partial charge in [-0.1, -0.05) is 28.1 Å². The summed E-state index contributed by atoms with van der Waals surface area (Å²) in [5.41, 5.74) is 0.671. The number of nitrogens with zero attached hydrogens (tertiary/aromatic N) is 1. The Morgan fingerprint density at radius 1 is 1.44 bits per heavy atom. The molecule has 0 spiro atoms. The van der Waals surface area contributed by atoms with Gasteiger partial charge in [0.25, 0.3) is 0 Å². The zero-order valence-corrected chi connectivity index (χ0v) is 12.0. The van der Waals surface area contributed by atoms with Crippen molar-refractivity contribution in [3.8, 4) is 0 Å².